The van der Waals surface area contributed by atoms with Crippen LogP contribution < -0.4 is 20.1 Å². The molecule has 2 amide bonds. The van der Waals surface area contributed by atoms with Crippen LogP contribution in [0.2, 0.25) is 0 Å². The first-order valence-electron chi connectivity index (χ1n) is 27.1. The number of hydrogen-bond donors (Lipinski definition) is 3. The number of hydrogen-bond acceptors (Lipinski definition) is 7. The summed E-state index contributed by atoms with van der Waals surface area (Å²) in [5, 5.41) is 17.0. The van der Waals surface area contributed by atoms with E-state index in [0.29, 0.717) is 47.5 Å². The first-order chi connectivity index (χ1) is 34.1. The number of ether oxygens (including phenoxy) is 2. The van der Waals surface area contributed by atoms with Gasteiger partial charge in [-0.1, -0.05) is 101 Å². The number of benzene rings is 2. The average molecular weight is 973 g/mol. The van der Waals surface area contributed by atoms with Crippen LogP contribution in [0, 0.1) is 93.7 Å². The lowest BCUT2D eigenvalue weighted by Crippen LogP contribution is -2.46. The molecular weight excluding hydrogens is 897 g/mol. The molecular formula is C63H76N2O7. The molecule has 3 N–H and O–H groups in total. The van der Waals surface area contributed by atoms with Gasteiger partial charge in [-0.2, -0.15) is 0 Å². The second-order valence-corrected chi connectivity index (χ2v) is 25.6. The first-order valence-corrected chi connectivity index (χ1v) is 27.1. The Bertz CT molecular complexity index is 2580. The minimum atomic E-state index is -1.58. The minimum Gasteiger partial charge on any atom is -0.490 e. The highest BCUT2D eigenvalue weighted by Gasteiger charge is 2.68. The van der Waals surface area contributed by atoms with Gasteiger partial charge in [0.2, 0.25) is 0 Å². The highest BCUT2D eigenvalue weighted by molar-refractivity contribution is 6.23. The number of nitrogens with one attached hydrogen (secondary N) is 2. The highest BCUT2D eigenvalue weighted by Crippen LogP contribution is 2.69. The summed E-state index contributed by atoms with van der Waals surface area (Å²) in [5.41, 5.74) is 2.87. The minimum absolute atomic E-state index is 0.00534. The molecule has 0 spiro atoms. The van der Waals surface area contributed by atoms with E-state index in [1.165, 1.54) is 23.6 Å². The van der Waals surface area contributed by atoms with Crippen molar-refractivity contribution in [3.63, 3.8) is 0 Å². The van der Waals surface area contributed by atoms with Crippen molar-refractivity contribution in [3.8, 4) is 11.5 Å². The fourth-order valence-electron chi connectivity index (χ4n) is 18.7. The molecule has 0 aromatic heterocycles. The fraction of sp³-hybridized carbons (Fsp3) is 0.556. The number of carbonyl (C=O) groups excluding carboxylic acids is 4. The van der Waals surface area contributed by atoms with Crippen LogP contribution in [0.25, 0.3) is 0 Å². The molecule has 0 saturated heterocycles. The monoisotopic (exact) mass is 973 g/mol. The zero-order valence-corrected chi connectivity index (χ0v) is 43.9. The lowest BCUT2D eigenvalue weighted by molar-refractivity contribution is -0.129. The summed E-state index contributed by atoms with van der Waals surface area (Å²) in [7, 11) is 0. The Morgan fingerprint density at radius 1 is 0.611 bits per heavy atom. The highest BCUT2D eigenvalue weighted by atomic mass is 16.5. The van der Waals surface area contributed by atoms with Gasteiger partial charge in [0.1, 0.15) is 23.7 Å². The van der Waals surface area contributed by atoms with Gasteiger partial charge in [-0.3, -0.25) is 19.2 Å². The van der Waals surface area contributed by atoms with Gasteiger partial charge in [0, 0.05) is 53.8 Å². The molecule has 20 unspecified atom stereocenters. The number of amides is 2. The van der Waals surface area contributed by atoms with Crippen LogP contribution >= 0.6 is 0 Å². The number of rotatable bonds is 2. The molecule has 6 heterocycles. The molecule has 6 aliphatic heterocycles. The second-order valence-electron chi connectivity index (χ2n) is 25.6. The van der Waals surface area contributed by atoms with Gasteiger partial charge in [0.05, 0.1) is 16.7 Å². The molecule has 9 nitrogen and oxygen atoms in total. The standard InChI is InChI=1S/C32H39NO3.C31H37NO4/c1-7-21-13-19(4)26-25-24(21)28(34)23-16-31(5,33-30(23)35)15-20-8-10-22(11-9-20)36-29(25)27-18(3)12-17(2)14-32(26,27)6;1-6-20-12-18(4)25-24-23(20)27(33)22-15-31(35,32-29(22)34)14-19-7-9-21(10-8-19)36-28(24)26-17(3)11-16(2)13-30(25,26)5/h7-11,13,16-18,21,24-27,29H,1,12,14-15H2,2-6H3,(H,33,35);6-10,12,15-17,20,23-26,28,35H,1,11,13-14H2,2-5H3,(H,32,34). The number of ketones is 2. The van der Waals surface area contributed by atoms with Crippen LogP contribution in [-0.2, 0) is 32.0 Å². The Hall–Kier alpha value is -5.28. The van der Waals surface area contributed by atoms with Crippen LogP contribution in [0.3, 0.4) is 0 Å². The van der Waals surface area contributed by atoms with Crippen LogP contribution in [0.4, 0.5) is 0 Å². The number of allylic oxidation sites excluding steroid dienone is 6. The third-order valence-electron chi connectivity index (χ3n) is 20.3. The van der Waals surface area contributed by atoms with E-state index in [2.05, 4.69) is 116 Å². The van der Waals surface area contributed by atoms with Crippen molar-refractivity contribution in [2.45, 2.75) is 124 Å². The number of carbonyl (C=O) groups is 4. The van der Waals surface area contributed by atoms with Crippen molar-refractivity contribution in [1.82, 2.24) is 10.6 Å². The van der Waals surface area contributed by atoms with Gasteiger partial charge in [-0.25, -0.2) is 0 Å². The summed E-state index contributed by atoms with van der Waals surface area (Å²) >= 11 is 0. The maximum absolute atomic E-state index is 14.4. The predicted molar refractivity (Wildman–Crippen MR) is 279 cm³/mol. The maximum Gasteiger partial charge on any atom is 0.257 e. The second kappa shape index (κ2) is 17.1. The molecule has 2 aromatic rings. The Morgan fingerprint density at radius 3 is 1.47 bits per heavy atom. The Balaban J connectivity index is 0.000000156. The van der Waals surface area contributed by atoms with E-state index >= 15 is 0 Å². The molecule has 12 aliphatic rings. The lowest BCUT2D eigenvalue weighted by atomic mass is 9.55. The van der Waals surface area contributed by atoms with E-state index in [1.54, 1.807) is 0 Å². The van der Waals surface area contributed by atoms with Crippen molar-refractivity contribution < 1.29 is 33.8 Å². The molecule has 72 heavy (non-hydrogen) atoms. The molecule has 9 heteroatoms. The molecule has 0 radical (unpaired) electrons. The van der Waals surface area contributed by atoms with E-state index in [0.717, 1.165) is 41.9 Å². The van der Waals surface area contributed by atoms with Gasteiger partial charge in [-0.15, -0.1) is 13.2 Å². The van der Waals surface area contributed by atoms with Crippen LogP contribution in [0.1, 0.15) is 99.1 Å². The van der Waals surface area contributed by atoms with Crippen molar-refractivity contribution >= 4 is 23.4 Å². The van der Waals surface area contributed by atoms with Crippen LogP contribution in [-0.4, -0.2) is 52.0 Å². The van der Waals surface area contributed by atoms with Crippen molar-refractivity contribution in [2.75, 3.05) is 0 Å². The molecule has 4 fully saturated rings. The van der Waals surface area contributed by atoms with E-state index in [9.17, 15) is 24.3 Å². The molecule has 4 saturated carbocycles. The van der Waals surface area contributed by atoms with E-state index in [-0.39, 0.29) is 93.9 Å². The van der Waals surface area contributed by atoms with Crippen molar-refractivity contribution in [2.24, 2.45) is 93.7 Å². The van der Waals surface area contributed by atoms with Gasteiger partial charge in [0.25, 0.3) is 11.8 Å². The molecule has 20 atom stereocenters. The summed E-state index contributed by atoms with van der Waals surface area (Å²) in [6.07, 6.45) is 16.7. The largest absolute Gasteiger partial charge is 0.490 e. The van der Waals surface area contributed by atoms with E-state index in [4.69, 9.17) is 9.47 Å². The molecule has 14 rings (SSSR count). The van der Waals surface area contributed by atoms with Crippen LogP contribution in [0.5, 0.6) is 11.5 Å². The first kappa shape index (κ1) is 49.0. The van der Waals surface area contributed by atoms with Gasteiger partial charge >= 0.3 is 0 Å². The lowest BCUT2D eigenvalue weighted by Gasteiger charge is -2.48. The average Bonchev–Trinajstić information content (AvgIpc) is 3.96. The van der Waals surface area contributed by atoms with Gasteiger partial charge < -0.3 is 25.2 Å². The zero-order chi connectivity index (χ0) is 51.1. The third kappa shape index (κ3) is 7.54. The topological polar surface area (TPSA) is 131 Å². The smallest absolute Gasteiger partial charge is 0.257 e. The number of Topliss-reactive ketones (excluding diaryl/α,β-unsaturated/α-hetero) is 2. The molecule has 380 valence electrons. The quantitative estimate of drug-likeness (QED) is 0.202. The fourth-order valence-corrected chi connectivity index (χ4v) is 18.7. The van der Waals surface area contributed by atoms with E-state index < -0.39 is 23.1 Å². The van der Waals surface area contributed by atoms with Crippen LogP contribution in [0.15, 0.2) is 120 Å². The predicted octanol–water partition coefficient (Wildman–Crippen LogP) is 10.3. The SMILES string of the molecule is C=CC1C=C(C)C2C3C(Oc4ccc(cc4)CC4(C)C=C(C(=O)N4)C(=O)C13)C1C(C)CC(C)CC21C.C=CC1C=C(C)C2C3C(Oc4ccc(cc4)CC4(O)C=C(C(=O)N4)C(=O)C13)C1C(C)CC(C)CC21C. The van der Waals surface area contributed by atoms with Gasteiger partial charge in [0.15, 0.2) is 17.3 Å². The summed E-state index contributed by atoms with van der Waals surface area (Å²) in [4.78, 5) is 55.0. The van der Waals surface area contributed by atoms with Gasteiger partial charge in [-0.05, 0) is 147 Å². The summed E-state index contributed by atoms with van der Waals surface area (Å²) < 4.78 is 13.9. The third-order valence-corrected chi connectivity index (χ3v) is 20.3. The van der Waals surface area contributed by atoms with Crippen molar-refractivity contribution in [3.05, 3.63) is 132 Å². The Kier molecular flexibility index (Phi) is 11.7. The number of fused-ring (bicyclic) bond motifs is 8. The number of aliphatic hydroxyl groups is 1. The Morgan fingerprint density at radius 2 is 1.03 bits per heavy atom. The maximum atomic E-state index is 14.4. The molecule has 2 aromatic carbocycles. The summed E-state index contributed by atoms with van der Waals surface area (Å²) in [6, 6.07) is 16.2. The van der Waals surface area contributed by atoms with Crippen molar-refractivity contribution in [1.29, 1.82) is 0 Å². The Labute approximate surface area is 427 Å². The van der Waals surface area contributed by atoms with E-state index in [1.807, 2.05) is 49.4 Å². The molecule has 6 aliphatic carbocycles. The normalized spacial score (nSPS) is 45.1. The summed E-state index contributed by atoms with van der Waals surface area (Å²) in [6.45, 7) is 29.0. The summed E-state index contributed by atoms with van der Waals surface area (Å²) in [5.74, 6) is 2.67. The zero-order valence-electron chi connectivity index (χ0n) is 43.9. The molecule has 8 bridgehead atoms.